The largest absolute Gasteiger partial charge is 0.492 e. The van der Waals surface area contributed by atoms with Crippen LogP contribution >= 0.6 is 15.9 Å². The molecule has 2 aliphatic rings. The third-order valence-electron chi connectivity index (χ3n) is 3.56. The summed E-state index contributed by atoms with van der Waals surface area (Å²) in [6, 6.07) is 4.36. The van der Waals surface area contributed by atoms with Gasteiger partial charge in [-0.25, -0.2) is 0 Å². The molecule has 0 atom stereocenters. The lowest BCUT2D eigenvalue weighted by Crippen LogP contribution is -2.43. The highest BCUT2D eigenvalue weighted by Gasteiger charge is 2.35. The number of hydrogen-bond donors (Lipinski definition) is 1. The highest BCUT2D eigenvalue weighted by Crippen LogP contribution is 2.43. The van der Waals surface area contributed by atoms with Crippen LogP contribution in [0.2, 0.25) is 0 Å². The summed E-state index contributed by atoms with van der Waals surface area (Å²) in [5.74, 6) is 1.02. The second-order valence-corrected chi connectivity index (χ2v) is 5.41. The van der Waals surface area contributed by atoms with Crippen LogP contribution in [0.5, 0.6) is 5.75 Å². The Kier molecular flexibility index (Phi) is 2.08. The minimum Gasteiger partial charge on any atom is -0.492 e. The van der Waals surface area contributed by atoms with Crippen molar-refractivity contribution in [2.45, 2.75) is 31.2 Å². The first-order valence-electron chi connectivity index (χ1n) is 5.44. The predicted molar refractivity (Wildman–Crippen MR) is 63.1 cm³/mol. The number of rotatable bonds is 1. The number of hydrogen-bond acceptors (Lipinski definition) is 2. The van der Waals surface area contributed by atoms with Crippen LogP contribution in [0.4, 0.5) is 0 Å². The monoisotopic (exact) mass is 267 g/mol. The van der Waals surface area contributed by atoms with Crippen molar-refractivity contribution in [2.24, 2.45) is 5.73 Å². The molecule has 2 N–H and O–H groups in total. The van der Waals surface area contributed by atoms with Crippen LogP contribution in [-0.2, 0) is 12.0 Å². The molecule has 1 saturated carbocycles. The van der Waals surface area contributed by atoms with E-state index in [-0.39, 0.29) is 5.54 Å². The van der Waals surface area contributed by atoms with Crippen LogP contribution in [-0.4, -0.2) is 6.61 Å². The first kappa shape index (κ1) is 9.67. The van der Waals surface area contributed by atoms with E-state index in [0.717, 1.165) is 36.1 Å². The lowest BCUT2D eigenvalue weighted by molar-refractivity contribution is 0.253. The smallest absolute Gasteiger partial charge is 0.136 e. The highest BCUT2D eigenvalue weighted by molar-refractivity contribution is 9.10. The molecule has 1 aliphatic heterocycles. The maximum absolute atomic E-state index is 6.33. The van der Waals surface area contributed by atoms with Gasteiger partial charge in [0.25, 0.3) is 0 Å². The van der Waals surface area contributed by atoms with Crippen LogP contribution in [0.1, 0.15) is 30.4 Å². The van der Waals surface area contributed by atoms with Gasteiger partial charge in [-0.05, 0) is 52.4 Å². The van der Waals surface area contributed by atoms with Crippen LogP contribution in [0.15, 0.2) is 16.6 Å². The van der Waals surface area contributed by atoms with Gasteiger partial charge in [0.1, 0.15) is 5.75 Å². The SMILES string of the molecule is NC1(c2cc(Br)c3c(c2)CCO3)CCC1. The Labute approximate surface area is 97.9 Å². The van der Waals surface area contributed by atoms with Crippen molar-refractivity contribution >= 4 is 15.9 Å². The van der Waals surface area contributed by atoms with E-state index in [2.05, 4.69) is 28.1 Å². The quantitative estimate of drug-likeness (QED) is 0.850. The minimum atomic E-state index is -0.0693. The Morgan fingerprint density at radius 1 is 1.33 bits per heavy atom. The van der Waals surface area contributed by atoms with Gasteiger partial charge in [-0.3, -0.25) is 0 Å². The second-order valence-electron chi connectivity index (χ2n) is 4.55. The Morgan fingerprint density at radius 2 is 2.13 bits per heavy atom. The predicted octanol–water partition coefficient (Wildman–Crippen LogP) is 2.72. The fourth-order valence-electron chi connectivity index (χ4n) is 2.39. The summed E-state index contributed by atoms with van der Waals surface area (Å²) in [5, 5.41) is 0. The molecule has 1 heterocycles. The molecular weight excluding hydrogens is 254 g/mol. The van der Waals surface area contributed by atoms with Gasteiger partial charge in [0.15, 0.2) is 0 Å². The molecule has 1 aromatic rings. The summed E-state index contributed by atoms with van der Waals surface area (Å²) in [7, 11) is 0. The van der Waals surface area contributed by atoms with Crippen LogP contribution in [0, 0.1) is 0 Å². The van der Waals surface area contributed by atoms with Gasteiger partial charge >= 0.3 is 0 Å². The first-order valence-corrected chi connectivity index (χ1v) is 6.23. The molecule has 80 valence electrons. The summed E-state index contributed by atoms with van der Waals surface area (Å²) >= 11 is 3.56. The zero-order chi connectivity index (χ0) is 10.5. The van der Waals surface area contributed by atoms with Crippen molar-refractivity contribution in [3.63, 3.8) is 0 Å². The third kappa shape index (κ3) is 1.41. The highest BCUT2D eigenvalue weighted by atomic mass is 79.9. The molecule has 0 spiro atoms. The maximum Gasteiger partial charge on any atom is 0.136 e. The van der Waals surface area contributed by atoms with E-state index in [4.69, 9.17) is 10.5 Å². The van der Waals surface area contributed by atoms with E-state index in [9.17, 15) is 0 Å². The molecule has 0 bridgehead atoms. The normalized spacial score (nSPS) is 21.7. The Hall–Kier alpha value is -0.540. The summed E-state index contributed by atoms with van der Waals surface area (Å²) in [6.07, 6.45) is 4.48. The third-order valence-corrected chi connectivity index (χ3v) is 4.15. The number of halogens is 1. The van der Waals surface area contributed by atoms with Gasteiger partial charge < -0.3 is 10.5 Å². The van der Waals surface area contributed by atoms with Gasteiger partial charge in [0, 0.05) is 12.0 Å². The standard InChI is InChI=1S/C12H14BrNO/c13-10-7-9(12(14)3-1-4-12)6-8-2-5-15-11(8)10/h6-7H,1-5,14H2. The summed E-state index contributed by atoms with van der Waals surface area (Å²) in [6.45, 7) is 0.801. The fraction of sp³-hybridized carbons (Fsp3) is 0.500. The second kappa shape index (κ2) is 3.22. The number of fused-ring (bicyclic) bond motifs is 1. The Bertz CT molecular complexity index is 412. The molecule has 0 amide bonds. The van der Waals surface area contributed by atoms with E-state index in [0.29, 0.717) is 0 Å². The van der Waals surface area contributed by atoms with Crippen molar-refractivity contribution in [1.82, 2.24) is 0 Å². The molecule has 3 heteroatoms. The lowest BCUT2D eigenvalue weighted by Gasteiger charge is -2.39. The average Bonchev–Trinajstić information content (AvgIpc) is 2.62. The molecule has 0 aromatic heterocycles. The molecule has 1 aromatic carbocycles. The van der Waals surface area contributed by atoms with E-state index in [1.54, 1.807) is 0 Å². The van der Waals surface area contributed by atoms with Crippen LogP contribution in [0.3, 0.4) is 0 Å². The maximum atomic E-state index is 6.33. The van der Waals surface area contributed by atoms with Gasteiger partial charge in [-0.15, -0.1) is 0 Å². The zero-order valence-electron chi connectivity index (χ0n) is 8.55. The molecule has 1 aliphatic carbocycles. The molecule has 0 radical (unpaired) electrons. The summed E-state index contributed by atoms with van der Waals surface area (Å²) in [5.41, 5.74) is 8.83. The van der Waals surface area contributed by atoms with Gasteiger partial charge in [0.2, 0.25) is 0 Å². The van der Waals surface area contributed by atoms with Crippen molar-refractivity contribution in [1.29, 1.82) is 0 Å². The first-order chi connectivity index (χ1) is 7.19. The Balaban J connectivity index is 2.07. The zero-order valence-corrected chi connectivity index (χ0v) is 10.1. The molecule has 1 fully saturated rings. The lowest BCUT2D eigenvalue weighted by atomic mass is 9.72. The van der Waals surface area contributed by atoms with Crippen LogP contribution < -0.4 is 10.5 Å². The van der Waals surface area contributed by atoms with Gasteiger partial charge in [0.05, 0.1) is 11.1 Å². The molecule has 15 heavy (non-hydrogen) atoms. The average molecular weight is 268 g/mol. The number of nitrogens with two attached hydrogens (primary N) is 1. The number of benzene rings is 1. The van der Waals surface area contributed by atoms with Crippen molar-refractivity contribution < 1.29 is 4.74 Å². The van der Waals surface area contributed by atoms with E-state index in [1.165, 1.54) is 17.5 Å². The fourth-order valence-corrected chi connectivity index (χ4v) is 3.01. The molecular formula is C12H14BrNO. The molecule has 2 nitrogen and oxygen atoms in total. The molecule has 0 unspecified atom stereocenters. The van der Waals surface area contributed by atoms with E-state index >= 15 is 0 Å². The van der Waals surface area contributed by atoms with Gasteiger partial charge in [-0.1, -0.05) is 6.07 Å². The summed E-state index contributed by atoms with van der Waals surface area (Å²) in [4.78, 5) is 0. The topological polar surface area (TPSA) is 35.2 Å². The molecule has 3 rings (SSSR count). The molecule has 0 saturated heterocycles. The van der Waals surface area contributed by atoms with Gasteiger partial charge in [-0.2, -0.15) is 0 Å². The summed E-state index contributed by atoms with van der Waals surface area (Å²) < 4.78 is 6.62. The minimum absolute atomic E-state index is 0.0693. The van der Waals surface area contributed by atoms with E-state index in [1.807, 2.05) is 0 Å². The Morgan fingerprint density at radius 3 is 2.80 bits per heavy atom. The van der Waals surface area contributed by atoms with E-state index < -0.39 is 0 Å². The van der Waals surface area contributed by atoms with Crippen molar-refractivity contribution in [3.8, 4) is 5.75 Å². The van der Waals surface area contributed by atoms with Crippen molar-refractivity contribution in [3.05, 3.63) is 27.7 Å². The van der Waals surface area contributed by atoms with Crippen molar-refractivity contribution in [2.75, 3.05) is 6.61 Å². The van der Waals surface area contributed by atoms with Crippen LogP contribution in [0.25, 0.3) is 0 Å². The number of ether oxygens (including phenoxy) is 1.